The van der Waals surface area contributed by atoms with Crippen molar-refractivity contribution in [1.29, 1.82) is 0 Å². The molecule has 3 aromatic carbocycles. The third kappa shape index (κ3) is 7.52. The first-order valence-electron chi connectivity index (χ1n) is 14.9. The van der Waals surface area contributed by atoms with Crippen molar-refractivity contribution in [2.45, 2.75) is 30.2 Å². The fraction of sp³-hybridized carbons (Fsp3) is 0.353. The molecule has 0 radical (unpaired) electrons. The molecule has 2 heterocycles. The van der Waals surface area contributed by atoms with Crippen LogP contribution in [0.1, 0.15) is 41.0 Å². The molecule has 0 spiro atoms. The molecule has 1 fully saturated rings. The number of quaternary nitrogens is 1. The number of benzene rings is 3. The number of carbonyl (C=O) groups excluding carboxylic acids is 1. The van der Waals surface area contributed by atoms with Gasteiger partial charge in [0.05, 0.1) is 57.4 Å². The topological polar surface area (TPSA) is 65.4 Å². The van der Waals surface area contributed by atoms with Gasteiger partial charge in [0.1, 0.15) is 30.5 Å². The second kappa shape index (κ2) is 14.3. The predicted molar refractivity (Wildman–Crippen MR) is 179 cm³/mol. The number of morpholine rings is 1. The van der Waals surface area contributed by atoms with Crippen LogP contribution in [-0.4, -0.2) is 73.5 Å². The fourth-order valence-electron chi connectivity index (χ4n) is 5.47. The van der Waals surface area contributed by atoms with Crippen molar-refractivity contribution in [3.05, 3.63) is 105 Å². The molecule has 5 rings (SSSR count). The summed E-state index contributed by atoms with van der Waals surface area (Å²) in [7, 11) is 3.70. The molecule has 0 atom stereocenters. The lowest BCUT2D eigenvalue weighted by molar-refractivity contribution is -0.915. The number of amides is 1. The van der Waals surface area contributed by atoms with Crippen molar-refractivity contribution in [3.63, 3.8) is 0 Å². The quantitative estimate of drug-likeness (QED) is 0.132. The number of carbonyl (C=O) groups is 1. The average molecular weight is 691 g/mol. The highest BCUT2D eigenvalue weighted by Gasteiger charge is 2.31. The molecule has 1 aromatic heterocycles. The molecule has 1 aliphatic heterocycles. The maximum Gasteiger partial charge on any atom is 0.251 e. The minimum absolute atomic E-state index is 0.150. The molecule has 0 unspecified atom stereocenters. The van der Waals surface area contributed by atoms with Crippen LogP contribution in [0.2, 0.25) is 10.0 Å². The molecule has 0 saturated carbocycles. The van der Waals surface area contributed by atoms with Gasteiger partial charge in [0, 0.05) is 33.0 Å². The Morgan fingerprint density at radius 1 is 1.09 bits per heavy atom. The SMILES string of the molecule is COc1cc(C(C)(C)c2cnc(SCc3c(F)cc(C(=O)NCC[N+]4(C)CCOCC4)cc3Cl)n2-c2ccc(F)cc2)ccc1Cl. The summed E-state index contributed by atoms with van der Waals surface area (Å²) in [4.78, 5) is 17.6. The Hall–Kier alpha value is -3.15. The standard InChI is InChI=1S/C34H36Cl2F2N4O3S/c1-34(2,23-5-10-27(35)30(19-23)44-4)31-20-40-33(41(31)25-8-6-24(37)7-9-25)46-21-26-28(36)17-22(18-29(26)38)32(43)39-11-12-42(3)13-15-45-16-14-42/h5-10,17-20H,11-16,21H2,1-4H3/p+1. The van der Waals surface area contributed by atoms with Crippen LogP contribution in [0.4, 0.5) is 8.78 Å². The molecule has 46 heavy (non-hydrogen) atoms. The lowest BCUT2D eigenvalue weighted by Crippen LogP contribution is -2.54. The van der Waals surface area contributed by atoms with E-state index >= 15 is 4.39 Å². The van der Waals surface area contributed by atoms with Crippen LogP contribution in [0.15, 0.2) is 66.0 Å². The minimum atomic E-state index is -0.586. The molecular formula is C34H37Cl2F2N4O3S+. The van der Waals surface area contributed by atoms with Crippen molar-refractivity contribution in [2.75, 3.05) is 53.6 Å². The Balaban J connectivity index is 1.37. The Morgan fingerprint density at radius 3 is 2.48 bits per heavy atom. The second-order valence-corrected chi connectivity index (χ2v) is 13.8. The van der Waals surface area contributed by atoms with Gasteiger partial charge in [-0.3, -0.25) is 9.36 Å². The highest BCUT2D eigenvalue weighted by molar-refractivity contribution is 7.98. The molecule has 1 aliphatic rings. The highest BCUT2D eigenvalue weighted by atomic mass is 35.5. The van der Waals surface area contributed by atoms with Crippen LogP contribution in [-0.2, 0) is 15.9 Å². The van der Waals surface area contributed by atoms with Crippen LogP contribution in [0.25, 0.3) is 5.69 Å². The average Bonchev–Trinajstić information content (AvgIpc) is 3.46. The van der Waals surface area contributed by atoms with Gasteiger partial charge >= 0.3 is 0 Å². The van der Waals surface area contributed by atoms with E-state index in [4.69, 9.17) is 37.7 Å². The smallest absolute Gasteiger partial charge is 0.251 e. The van der Waals surface area contributed by atoms with E-state index in [0.717, 1.165) is 35.4 Å². The summed E-state index contributed by atoms with van der Waals surface area (Å²) in [5.74, 6) is -0.624. The summed E-state index contributed by atoms with van der Waals surface area (Å²) in [6, 6.07) is 14.4. The molecule has 1 N–H and O–H groups in total. The number of ether oxygens (including phenoxy) is 2. The number of rotatable bonds is 11. The van der Waals surface area contributed by atoms with E-state index in [1.807, 2.05) is 30.5 Å². The number of hydrogen-bond acceptors (Lipinski definition) is 5. The van der Waals surface area contributed by atoms with Gasteiger partial charge < -0.3 is 19.3 Å². The van der Waals surface area contributed by atoms with Crippen molar-refractivity contribution in [2.24, 2.45) is 0 Å². The molecule has 1 saturated heterocycles. The van der Waals surface area contributed by atoms with Gasteiger partial charge in [-0.05, 0) is 54.1 Å². The highest BCUT2D eigenvalue weighted by Crippen LogP contribution is 2.39. The number of nitrogens with zero attached hydrogens (tertiary/aromatic N) is 3. The Kier molecular flexibility index (Phi) is 10.6. The number of methoxy groups -OCH3 is 1. The Morgan fingerprint density at radius 2 is 1.80 bits per heavy atom. The Bertz CT molecular complexity index is 1690. The third-order valence-corrected chi connectivity index (χ3v) is 10.2. The van der Waals surface area contributed by atoms with Crippen molar-refractivity contribution >= 4 is 40.9 Å². The van der Waals surface area contributed by atoms with Gasteiger partial charge in [-0.15, -0.1) is 0 Å². The number of halogens is 4. The molecule has 244 valence electrons. The van der Waals surface area contributed by atoms with Crippen LogP contribution in [0, 0.1) is 11.6 Å². The lowest BCUT2D eigenvalue weighted by atomic mass is 9.81. The van der Waals surface area contributed by atoms with Crippen LogP contribution < -0.4 is 10.1 Å². The normalized spacial score (nSPS) is 14.7. The number of imidazole rings is 1. The molecule has 12 heteroatoms. The van der Waals surface area contributed by atoms with Gasteiger partial charge in [0.15, 0.2) is 5.16 Å². The molecule has 4 aromatic rings. The molecule has 0 bridgehead atoms. The summed E-state index contributed by atoms with van der Waals surface area (Å²) >= 11 is 14.1. The molecule has 1 amide bonds. The minimum Gasteiger partial charge on any atom is -0.495 e. The van der Waals surface area contributed by atoms with E-state index < -0.39 is 11.2 Å². The first-order chi connectivity index (χ1) is 21.9. The van der Waals surface area contributed by atoms with Crippen LogP contribution in [0.3, 0.4) is 0 Å². The molecule has 0 aliphatic carbocycles. The number of likely N-dealkylation sites (N-methyl/N-ethyl adjacent to an activating group) is 1. The fourth-order valence-corrected chi connectivity index (χ4v) is 7.05. The zero-order valence-corrected chi connectivity index (χ0v) is 28.5. The first-order valence-corrected chi connectivity index (χ1v) is 16.6. The molecule has 7 nitrogen and oxygen atoms in total. The summed E-state index contributed by atoms with van der Waals surface area (Å²) in [5, 5.41) is 4.10. The summed E-state index contributed by atoms with van der Waals surface area (Å²) < 4.78 is 43.0. The van der Waals surface area contributed by atoms with Crippen molar-refractivity contribution in [1.82, 2.24) is 14.9 Å². The van der Waals surface area contributed by atoms with E-state index in [1.165, 1.54) is 36.0 Å². The zero-order valence-electron chi connectivity index (χ0n) is 26.2. The maximum atomic E-state index is 15.4. The van der Waals surface area contributed by atoms with Gasteiger partial charge in [-0.2, -0.15) is 0 Å². The van der Waals surface area contributed by atoms with E-state index in [9.17, 15) is 9.18 Å². The van der Waals surface area contributed by atoms with Gasteiger partial charge in [0.25, 0.3) is 5.91 Å². The molecular weight excluding hydrogens is 653 g/mol. The van der Waals surface area contributed by atoms with E-state index in [2.05, 4.69) is 12.4 Å². The number of thioether (sulfide) groups is 1. The van der Waals surface area contributed by atoms with Crippen molar-refractivity contribution in [3.8, 4) is 11.4 Å². The predicted octanol–water partition coefficient (Wildman–Crippen LogP) is 7.29. The van der Waals surface area contributed by atoms with E-state index in [0.29, 0.717) is 41.4 Å². The van der Waals surface area contributed by atoms with Gasteiger partial charge in [0.2, 0.25) is 0 Å². The second-order valence-electron chi connectivity index (χ2n) is 12.1. The number of nitrogens with one attached hydrogen (secondary N) is 1. The van der Waals surface area contributed by atoms with E-state index in [1.54, 1.807) is 31.5 Å². The van der Waals surface area contributed by atoms with Gasteiger partial charge in [-0.1, -0.05) is 54.9 Å². The largest absolute Gasteiger partial charge is 0.495 e. The maximum absolute atomic E-state index is 15.4. The van der Waals surface area contributed by atoms with Crippen LogP contribution >= 0.6 is 35.0 Å². The number of aromatic nitrogens is 2. The monoisotopic (exact) mass is 689 g/mol. The summed E-state index contributed by atoms with van der Waals surface area (Å²) in [6.07, 6.45) is 1.76. The van der Waals surface area contributed by atoms with Crippen molar-refractivity contribution < 1.29 is 27.5 Å². The lowest BCUT2D eigenvalue weighted by Gasteiger charge is -2.37. The summed E-state index contributed by atoms with van der Waals surface area (Å²) in [6.45, 7) is 8.48. The Labute approximate surface area is 282 Å². The van der Waals surface area contributed by atoms with Crippen LogP contribution in [0.5, 0.6) is 5.75 Å². The van der Waals surface area contributed by atoms with E-state index in [-0.39, 0.29) is 33.6 Å². The number of hydrogen-bond donors (Lipinski definition) is 1. The summed E-state index contributed by atoms with van der Waals surface area (Å²) in [5.41, 5.74) is 2.27. The third-order valence-electron chi connectivity index (χ3n) is 8.56. The van der Waals surface area contributed by atoms with Gasteiger partial charge in [-0.25, -0.2) is 13.8 Å². The zero-order chi connectivity index (χ0) is 33.1. The first kappa shape index (κ1) is 34.2.